The molecule has 2 aromatic rings. The Kier molecular flexibility index (Phi) is 3.21. The third kappa shape index (κ3) is 2.40. The van der Waals surface area contributed by atoms with Gasteiger partial charge in [-0.25, -0.2) is 0 Å². The van der Waals surface area contributed by atoms with Crippen molar-refractivity contribution in [3.63, 3.8) is 0 Å². The summed E-state index contributed by atoms with van der Waals surface area (Å²) >= 11 is 1.49. The van der Waals surface area contributed by atoms with Gasteiger partial charge in [-0.05, 0) is 30.8 Å². The van der Waals surface area contributed by atoms with Gasteiger partial charge in [0.25, 0.3) is 0 Å². The number of nitrogens with zero attached hydrogens (tertiary/aromatic N) is 4. The molecule has 6 heteroatoms. The Bertz CT molecular complexity index is 466. The zero-order chi connectivity index (χ0) is 11.5. The fraction of sp³-hybridized carbons (Fsp3) is 0.300. The molecule has 84 valence electrons. The second-order valence-corrected chi connectivity index (χ2v) is 4.46. The molecule has 1 N–H and O–H groups in total. The molecule has 0 aliphatic carbocycles. The molecule has 0 unspecified atom stereocenters. The minimum Gasteiger partial charge on any atom is -0.387 e. The fourth-order valence-corrected chi connectivity index (χ4v) is 1.90. The summed E-state index contributed by atoms with van der Waals surface area (Å²) in [5.41, 5.74) is 0.669. The Morgan fingerprint density at radius 2 is 2.25 bits per heavy atom. The molecule has 0 radical (unpaired) electrons. The topological polar surface area (TPSA) is 63.8 Å². The molecule has 0 saturated heterocycles. The smallest absolute Gasteiger partial charge is 0.195 e. The van der Waals surface area contributed by atoms with Gasteiger partial charge in [-0.2, -0.15) is 0 Å². The monoisotopic (exact) mass is 236 g/mol. The average molecular weight is 236 g/mol. The highest BCUT2D eigenvalue weighted by atomic mass is 32.2. The Morgan fingerprint density at radius 3 is 2.75 bits per heavy atom. The van der Waals surface area contributed by atoms with Gasteiger partial charge in [0.15, 0.2) is 5.16 Å². The molecule has 0 aromatic carbocycles. The largest absolute Gasteiger partial charge is 0.387 e. The van der Waals surface area contributed by atoms with Gasteiger partial charge in [0.1, 0.15) is 6.33 Å². The summed E-state index contributed by atoms with van der Waals surface area (Å²) < 4.78 is 1.84. The van der Waals surface area contributed by atoms with Gasteiger partial charge in [-0.3, -0.25) is 4.98 Å². The number of rotatable bonds is 3. The lowest BCUT2D eigenvalue weighted by Crippen LogP contribution is -1.94. The molecule has 1 atom stereocenters. The third-order valence-corrected chi connectivity index (χ3v) is 3.10. The van der Waals surface area contributed by atoms with Crippen LogP contribution in [-0.2, 0) is 7.05 Å². The summed E-state index contributed by atoms with van der Waals surface area (Å²) in [5.74, 6) is 0. The molecule has 2 heterocycles. The van der Waals surface area contributed by atoms with E-state index >= 15 is 0 Å². The fourth-order valence-electron chi connectivity index (χ4n) is 1.17. The van der Waals surface area contributed by atoms with Crippen molar-refractivity contribution in [1.29, 1.82) is 0 Å². The maximum Gasteiger partial charge on any atom is 0.195 e. The van der Waals surface area contributed by atoms with Crippen LogP contribution in [0.15, 0.2) is 34.7 Å². The highest BCUT2D eigenvalue weighted by Crippen LogP contribution is 2.25. The zero-order valence-corrected chi connectivity index (χ0v) is 9.85. The molecule has 0 fully saturated rings. The normalized spacial score (nSPS) is 12.7. The van der Waals surface area contributed by atoms with Crippen LogP contribution in [0.25, 0.3) is 0 Å². The van der Waals surface area contributed by atoms with Gasteiger partial charge in [0.2, 0.25) is 0 Å². The molecule has 0 aliphatic rings. The predicted molar refractivity (Wildman–Crippen MR) is 60.0 cm³/mol. The third-order valence-electron chi connectivity index (χ3n) is 2.07. The van der Waals surface area contributed by atoms with Crippen molar-refractivity contribution < 1.29 is 5.11 Å². The van der Waals surface area contributed by atoms with Crippen LogP contribution in [0, 0.1) is 0 Å². The van der Waals surface area contributed by atoms with Crippen LogP contribution in [0.3, 0.4) is 0 Å². The van der Waals surface area contributed by atoms with Crippen molar-refractivity contribution in [3.05, 3.63) is 30.4 Å². The van der Waals surface area contributed by atoms with Crippen LogP contribution in [0.2, 0.25) is 0 Å². The summed E-state index contributed by atoms with van der Waals surface area (Å²) in [6.07, 6.45) is 2.84. The Balaban J connectivity index is 2.14. The summed E-state index contributed by atoms with van der Waals surface area (Å²) in [7, 11) is 1.89. The molecule has 0 saturated carbocycles. The van der Waals surface area contributed by atoms with Gasteiger partial charge < -0.3 is 9.67 Å². The summed E-state index contributed by atoms with van der Waals surface area (Å²) in [6, 6.07) is 3.72. The van der Waals surface area contributed by atoms with Crippen LogP contribution in [0.5, 0.6) is 0 Å². The highest BCUT2D eigenvalue weighted by Gasteiger charge is 2.05. The number of aliphatic hydroxyl groups excluding tert-OH is 1. The second-order valence-electron chi connectivity index (χ2n) is 3.42. The molecule has 5 nitrogen and oxygen atoms in total. The lowest BCUT2D eigenvalue weighted by atomic mass is 10.2. The Hall–Kier alpha value is -1.40. The van der Waals surface area contributed by atoms with Crippen molar-refractivity contribution in [1.82, 2.24) is 19.7 Å². The summed E-state index contributed by atoms with van der Waals surface area (Å²) in [6.45, 7) is 1.69. The predicted octanol–water partition coefficient (Wildman–Crippen LogP) is 1.41. The van der Waals surface area contributed by atoms with E-state index in [4.69, 9.17) is 0 Å². The first-order chi connectivity index (χ1) is 7.66. The van der Waals surface area contributed by atoms with E-state index in [0.717, 1.165) is 10.1 Å². The second kappa shape index (κ2) is 4.63. The number of aliphatic hydroxyl groups is 1. The maximum absolute atomic E-state index is 9.32. The highest BCUT2D eigenvalue weighted by molar-refractivity contribution is 7.99. The van der Waals surface area contributed by atoms with E-state index in [1.54, 1.807) is 19.4 Å². The zero-order valence-electron chi connectivity index (χ0n) is 9.03. The number of pyridine rings is 1. The minimum absolute atomic E-state index is 0.533. The number of aryl methyl sites for hydroxylation is 1. The molecule has 0 bridgehead atoms. The van der Waals surface area contributed by atoms with Crippen molar-refractivity contribution in [3.8, 4) is 0 Å². The molecule has 0 amide bonds. The molecular weight excluding hydrogens is 224 g/mol. The molecule has 16 heavy (non-hydrogen) atoms. The lowest BCUT2D eigenvalue weighted by molar-refractivity contribution is 0.194. The first-order valence-corrected chi connectivity index (χ1v) is 5.64. The number of aromatic nitrogens is 4. The molecule has 0 spiro atoms. The van der Waals surface area contributed by atoms with Crippen molar-refractivity contribution in [2.24, 2.45) is 7.05 Å². The van der Waals surface area contributed by atoms with Crippen LogP contribution in [-0.4, -0.2) is 24.9 Å². The maximum atomic E-state index is 9.32. The van der Waals surface area contributed by atoms with Crippen molar-refractivity contribution in [2.45, 2.75) is 23.1 Å². The average Bonchev–Trinajstić information content (AvgIpc) is 2.65. The lowest BCUT2D eigenvalue weighted by Gasteiger charge is -2.04. The standard InChI is InChI=1S/C10H12N4OS/c1-7(15)9-4-3-8(5-11-9)16-10-13-12-6-14(10)2/h3-7,15H,1-2H3/t7-/m1/s1. The quantitative estimate of drug-likeness (QED) is 0.873. The Morgan fingerprint density at radius 1 is 1.44 bits per heavy atom. The minimum atomic E-state index is -0.533. The Labute approximate surface area is 97.5 Å². The van der Waals surface area contributed by atoms with E-state index in [2.05, 4.69) is 15.2 Å². The van der Waals surface area contributed by atoms with Crippen LogP contribution >= 0.6 is 11.8 Å². The molecule has 2 rings (SSSR count). The number of hydrogen-bond donors (Lipinski definition) is 1. The van der Waals surface area contributed by atoms with Gasteiger partial charge in [-0.1, -0.05) is 0 Å². The van der Waals surface area contributed by atoms with Crippen molar-refractivity contribution in [2.75, 3.05) is 0 Å². The van der Waals surface area contributed by atoms with E-state index in [9.17, 15) is 5.11 Å². The summed E-state index contributed by atoms with van der Waals surface area (Å²) in [5, 5.41) is 17.9. The van der Waals surface area contributed by atoms with E-state index in [1.807, 2.05) is 23.7 Å². The van der Waals surface area contributed by atoms with Crippen molar-refractivity contribution >= 4 is 11.8 Å². The molecule has 2 aromatic heterocycles. The van der Waals surface area contributed by atoms with Gasteiger partial charge in [0, 0.05) is 18.1 Å². The first-order valence-electron chi connectivity index (χ1n) is 4.82. The van der Waals surface area contributed by atoms with E-state index in [1.165, 1.54) is 11.8 Å². The van der Waals surface area contributed by atoms with E-state index < -0.39 is 6.10 Å². The first kappa shape index (κ1) is 11.1. The van der Waals surface area contributed by atoms with Gasteiger partial charge in [-0.15, -0.1) is 10.2 Å². The van der Waals surface area contributed by atoms with Gasteiger partial charge >= 0.3 is 0 Å². The SMILES string of the molecule is C[C@@H](O)c1ccc(Sc2nncn2C)cn1. The van der Waals surface area contributed by atoms with Crippen LogP contribution in [0.1, 0.15) is 18.7 Å². The van der Waals surface area contributed by atoms with E-state index in [-0.39, 0.29) is 0 Å². The van der Waals surface area contributed by atoms with Gasteiger partial charge in [0.05, 0.1) is 11.8 Å². The number of hydrogen-bond acceptors (Lipinski definition) is 5. The van der Waals surface area contributed by atoms with Crippen LogP contribution in [0.4, 0.5) is 0 Å². The van der Waals surface area contributed by atoms with Crippen LogP contribution < -0.4 is 0 Å². The van der Waals surface area contributed by atoms with E-state index in [0.29, 0.717) is 5.69 Å². The molecule has 0 aliphatic heterocycles. The summed E-state index contributed by atoms with van der Waals surface area (Å²) in [4.78, 5) is 5.13. The molecular formula is C10H12N4OS.